The molecule has 0 bridgehead atoms. The molecule has 0 radical (unpaired) electrons. The first kappa shape index (κ1) is 25.5. The van der Waals surface area contributed by atoms with Gasteiger partial charge in [0.05, 0.1) is 18.6 Å². The summed E-state index contributed by atoms with van der Waals surface area (Å²) in [6.07, 6.45) is 2.47. The Morgan fingerprint density at radius 3 is 2.34 bits per heavy atom. The quantitative estimate of drug-likeness (QED) is 0.281. The molecular weight excluding hydrogens is 481 g/mol. The Hall–Kier alpha value is -1.55. The Balaban J connectivity index is 0.00000420. The molecule has 8 heteroatoms. The van der Waals surface area contributed by atoms with Crippen molar-refractivity contribution in [3.8, 4) is 5.75 Å². The fourth-order valence-corrected chi connectivity index (χ4v) is 3.47. The van der Waals surface area contributed by atoms with E-state index in [0.717, 1.165) is 25.4 Å². The lowest BCUT2D eigenvalue weighted by atomic mass is 9.92. The Morgan fingerprint density at radius 1 is 1.21 bits per heavy atom. The lowest BCUT2D eigenvalue weighted by Crippen LogP contribution is -2.48. The molecular formula is C21H36IN5O2. The van der Waals surface area contributed by atoms with Crippen molar-refractivity contribution in [2.75, 3.05) is 47.4 Å². The van der Waals surface area contributed by atoms with Gasteiger partial charge in [0.15, 0.2) is 5.96 Å². The Morgan fingerprint density at radius 2 is 1.83 bits per heavy atom. The second kappa shape index (κ2) is 12.2. The number of hydrogen-bond donors (Lipinski definition) is 3. The van der Waals surface area contributed by atoms with Gasteiger partial charge in [0.25, 0.3) is 0 Å². The van der Waals surface area contributed by atoms with Crippen molar-refractivity contribution >= 4 is 35.8 Å². The van der Waals surface area contributed by atoms with Crippen molar-refractivity contribution in [2.24, 2.45) is 10.4 Å². The fourth-order valence-electron chi connectivity index (χ4n) is 3.47. The molecule has 1 saturated heterocycles. The zero-order valence-electron chi connectivity index (χ0n) is 18.2. The van der Waals surface area contributed by atoms with Crippen molar-refractivity contribution in [1.29, 1.82) is 0 Å². The molecule has 1 aromatic rings. The van der Waals surface area contributed by atoms with Crippen molar-refractivity contribution in [1.82, 2.24) is 20.9 Å². The number of benzene rings is 1. The second-order valence-electron chi connectivity index (χ2n) is 7.80. The van der Waals surface area contributed by atoms with E-state index in [1.807, 2.05) is 26.0 Å². The predicted octanol–water partition coefficient (Wildman–Crippen LogP) is 2.39. The van der Waals surface area contributed by atoms with Crippen LogP contribution in [-0.2, 0) is 4.79 Å². The van der Waals surface area contributed by atoms with Crippen LogP contribution >= 0.6 is 24.0 Å². The van der Waals surface area contributed by atoms with Crippen molar-refractivity contribution in [2.45, 2.75) is 32.7 Å². The summed E-state index contributed by atoms with van der Waals surface area (Å²) in [4.78, 5) is 18.8. The van der Waals surface area contributed by atoms with E-state index in [1.54, 1.807) is 21.2 Å². The van der Waals surface area contributed by atoms with Crippen LogP contribution in [0.25, 0.3) is 0 Å². The topological polar surface area (TPSA) is 78.0 Å². The van der Waals surface area contributed by atoms with Crippen LogP contribution in [0.2, 0.25) is 0 Å². The molecule has 1 amide bonds. The molecule has 1 fully saturated rings. The highest BCUT2D eigenvalue weighted by molar-refractivity contribution is 14.0. The molecule has 1 atom stereocenters. The highest BCUT2D eigenvalue weighted by Gasteiger charge is 2.27. The van der Waals surface area contributed by atoms with Gasteiger partial charge < -0.3 is 20.7 Å². The average Bonchev–Trinajstić information content (AvgIpc) is 3.24. The zero-order valence-corrected chi connectivity index (χ0v) is 20.6. The number of nitrogens with one attached hydrogen (secondary N) is 3. The zero-order chi connectivity index (χ0) is 20.6. The molecule has 7 nitrogen and oxygen atoms in total. The van der Waals surface area contributed by atoms with Crippen molar-refractivity contribution in [3.05, 3.63) is 29.8 Å². The standard InChI is InChI=1S/C21H35N5O2.HI/c1-21(2,19(27)22-3)15-25-20(23-4)24-14-18(26-12-6-7-13-26)16-8-10-17(28-5)11-9-16;/h8-11,18H,6-7,12-15H2,1-5H3,(H,22,27)(H2,23,24,25);1H. The maximum Gasteiger partial charge on any atom is 0.227 e. The number of carbonyl (C=O) groups excluding carboxylic acids is 1. The van der Waals surface area contributed by atoms with Crippen LogP contribution in [0, 0.1) is 5.41 Å². The van der Waals surface area contributed by atoms with Gasteiger partial charge in [-0.05, 0) is 57.5 Å². The summed E-state index contributed by atoms with van der Waals surface area (Å²) in [5.41, 5.74) is 0.743. The van der Waals surface area contributed by atoms with E-state index in [1.165, 1.54) is 18.4 Å². The summed E-state index contributed by atoms with van der Waals surface area (Å²) in [6.45, 7) is 7.28. The molecule has 0 aliphatic carbocycles. The minimum atomic E-state index is -0.517. The third-order valence-electron chi connectivity index (χ3n) is 5.31. The van der Waals surface area contributed by atoms with Gasteiger partial charge in [0, 0.05) is 27.2 Å². The largest absolute Gasteiger partial charge is 0.497 e. The van der Waals surface area contributed by atoms with E-state index in [0.29, 0.717) is 12.5 Å². The molecule has 3 N–H and O–H groups in total. The van der Waals surface area contributed by atoms with Crippen molar-refractivity contribution in [3.63, 3.8) is 0 Å². The molecule has 0 spiro atoms. The number of rotatable bonds is 8. The van der Waals surface area contributed by atoms with Crippen LogP contribution in [0.5, 0.6) is 5.75 Å². The first-order chi connectivity index (χ1) is 13.4. The number of carbonyl (C=O) groups is 1. The van der Waals surface area contributed by atoms with Gasteiger partial charge in [0.2, 0.25) is 5.91 Å². The SMILES string of the molecule is CN=C(NCC(c1ccc(OC)cc1)N1CCCC1)NCC(C)(C)C(=O)NC.I. The number of guanidine groups is 1. The molecule has 1 aromatic carbocycles. The van der Waals surface area contributed by atoms with Gasteiger partial charge >= 0.3 is 0 Å². The highest BCUT2D eigenvalue weighted by atomic mass is 127. The molecule has 1 unspecified atom stereocenters. The maximum atomic E-state index is 12.0. The number of ether oxygens (including phenoxy) is 1. The summed E-state index contributed by atoms with van der Waals surface area (Å²) in [5, 5.41) is 9.43. The van der Waals surface area contributed by atoms with Crippen LogP contribution < -0.4 is 20.7 Å². The van der Waals surface area contributed by atoms with Crippen LogP contribution in [0.4, 0.5) is 0 Å². The van der Waals surface area contributed by atoms with Crippen molar-refractivity contribution < 1.29 is 9.53 Å². The Bertz CT molecular complexity index is 658. The number of methoxy groups -OCH3 is 1. The molecule has 1 heterocycles. The monoisotopic (exact) mass is 517 g/mol. The molecule has 0 saturated carbocycles. The molecule has 1 aliphatic heterocycles. The summed E-state index contributed by atoms with van der Waals surface area (Å²) in [7, 11) is 5.09. The number of halogens is 1. The predicted molar refractivity (Wildman–Crippen MR) is 129 cm³/mol. The summed E-state index contributed by atoms with van der Waals surface area (Å²) >= 11 is 0. The molecule has 1 aliphatic rings. The molecule has 164 valence electrons. The number of likely N-dealkylation sites (tertiary alicyclic amines) is 1. The van der Waals surface area contributed by atoms with E-state index >= 15 is 0 Å². The summed E-state index contributed by atoms with van der Waals surface area (Å²) in [6, 6.07) is 8.55. The maximum absolute atomic E-state index is 12.0. The number of hydrogen-bond acceptors (Lipinski definition) is 4. The van der Waals surface area contributed by atoms with Gasteiger partial charge in [-0.2, -0.15) is 0 Å². The van der Waals surface area contributed by atoms with Crippen LogP contribution in [0.3, 0.4) is 0 Å². The average molecular weight is 517 g/mol. The van der Waals surface area contributed by atoms with E-state index in [2.05, 4.69) is 38.0 Å². The normalized spacial score (nSPS) is 16.0. The van der Waals surface area contributed by atoms with Gasteiger partial charge in [-0.25, -0.2) is 0 Å². The first-order valence-corrected chi connectivity index (χ1v) is 9.96. The number of amides is 1. The van der Waals surface area contributed by atoms with Gasteiger partial charge in [-0.15, -0.1) is 24.0 Å². The first-order valence-electron chi connectivity index (χ1n) is 9.96. The smallest absolute Gasteiger partial charge is 0.227 e. The summed E-state index contributed by atoms with van der Waals surface area (Å²) in [5.74, 6) is 1.57. The van der Waals surface area contributed by atoms with Gasteiger partial charge in [-0.1, -0.05) is 12.1 Å². The number of aliphatic imine (C=N–C) groups is 1. The summed E-state index contributed by atoms with van der Waals surface area (Å²) < 4.78 is 5.29. The van der Waals surface area contributed by atoms with Crippen LogP contribution in [-0.4, -0.2) is 64.2 Å². The van der Waals surface area contributed by atoms with Crippen LogP contribution in [0.1, 0.15) is 38.3 Å². The molecule has 29 heavy (non-hydrogen) atoms. The molecule has 2 rings (SSSR count). The number of nitrogens with zero attached hydrogens (tertiary/aromatic N) is 2. The Kier molecular flexibility index (Phi) is 10.7. The lowest BCUT2D eigenvalue weighted by molar-refractivity contribution is -0.128. The highest BCUT2D eigenvalue weighted by Crippen LogP contribution is 2.26. The van der Waals surface area contributed by atoms with E-state index in [9.17, 15) is 4.79 Å². The third kappa shape index (κ3) is 7.33. The third-order valence-corrected chi connectivity index (χ3v) is 5.31. The fraction of sp³-hybridized carbons (Fsp3) is 0.619. The van der Waals surface area contributed by atoms with E-state index < -0.39 is 5.41 Å². The molecule has 0 aromatic heterocycles. The van der Waals surface area contributed by atoms with E-state index in [4.69, 9.17) is 4.74 Å². The van der Waals surface area contributed by atoms with Gasteiger partial charge in [-0.3, -0.25) is 14.7 Å². The minimum Gasteiger partial charge on any atom is -0.497 e. The Labute approximate surface area is 192 Å². The van der Waals surface area contributed by atoms with Crippen LogP contribution in [0.15, 0.2) is 29.3 Å². The minimum absolute atomic E-state index is 0. The van der Waals surface area contributed by atoms with E-state index in [-0.39, 0.29) is 35.9 Å². The lowest BCUT2D eigenvalue weighted by Gasteiger charge is -2.30. The van der Waals surface area contributed by atoms with Gasteiger partial charge in [0.1, 0.15) is 5.75 Å². The second-order valence-corrected chi connectivity index (χ2v) is 7.80.